The Morgan fingerprint density at radius 3 is 2.62 bits per heavy atom. The van der Waals surface area contributed by atoms with Crippen molar-refractivity contribution in [2.24, 2.45) is 17.3 Å². The van der Waals surface area contributed by atoms with Gasteiger partial charge in [-0.2, -0.15) is 0 Å². The summed E-state index contributed by atoms with van der Waals surface area (Å²) >= 11 is 0. The van der Waals surface area contributed by atoms with Crippen LogP contribution in [0, 0.1) is 17.3 Å². The summed E-state index contributed by atoms with van der Waals surface area (Å²) in [6, 6.07) is 0. The number of nitrogens with one attached hydrogen (secondary N) is 1. The quantitative estimate of drug-likeness (QED) is 0.776. The van der Waals surface area contributed by atoms with Crippen LogP contribution in [0.3, 0.4) is 0 Å². The Bertz CT molecular complexity index is 249. The van der Waals surface area contributed by atoms with E-state index in [1.54, 1.807) is 0 Å². The average molecular weight is 223 g/mol. The number of Topliss-reactive ketones (excluding diaryl/α,β-unsaturated/α-hetero) is 1. The van der Waals surface area contributed by atoms with E-state index in [1.165, 1.54) is 25.7 Å². The third-order valence-electron chi connectivity index (χ3n) is 4.51. The summed E-state index contributed by atoms with van der Waals surface area (Å²) in [6.07, 6.45) is 7.12. The van der Waals surface area contributed by atoms with Crippen LogP contribution in [0.2, 0.25) is 0 Å². The van der Waals surface area contributed by atoms with E-state index in [1.807, 2.05) is 0 Å². The van der Waals surface area contributed by atoms with Gasteiger partial charge in [-0.15, -0.1) is 0 Å². The molecule has 2 aliphatic rings. The number of ketones is 1. The molecule has 0 aromatic rings. The number of hydrogen-bond donors (Lipinski definition) is 1. The van der Waals surface area contributed by atoms with E-state index in [-0.39, 0.29) is 5.41 Å². The van der Waals surface area contributed by atoms with Crippen molar-refractivity contribution in [1.29, 1.82) is 0 Å². The van der Waals surface area contributed by atoms with E-state index in [0.29, 0.717) is 11.7 Å². The maximum absolute atomic E-state index is 12.3. The molecule has 1 aliphatic heterocycles. The molecule has 2 rings (SSSR count). The summed E-state index contributed by atoms with van der Waals surface area (Å²) in [5.41, 5.74) is -0.109. The van der Waals surface area contributed by atoms with Crippen LogP contribution in [0.1, 0.15) is 52.4 Å². The van der Waals surface area contributed by atoms with Crippen molar-refractivity contribution in [2.75, 3.05) is 13.1 Å². The van der Waals surface area contributed by atoms with Gasteiger partial charge in [-0.25, -0.2) is 0 Å². The molecule has 1 atom stereocenters. The Morgan fingerprint density at radius 2 is 2.06 bits per heavy atom. The Morgan fingerprint density at radius 1 is 1.31 bits per heavy atom. The molecule has 92 valence electrons. The van der Waals surface area contributed by atoms with Crippen LogP contribution in [0.4, 0.5) is 0 Å². The maximum atomic E-state index is 12.3. The first-order valence-corrected chi connectivity index (χ1v) is 6.84. The summed E-state index contributed by atoms with van der Waals surface area (Å²) in [6.45, 7) is 6.46. The second-order valence-electron chi connectivity index (χ2n) is 6.17. The van der Waals surface area contributed by atoms with Gasteiger partial charge >= 0.3 is 0 Å². The molecule has 1 N–H and O–H groups in total. The van der Waals surface area contributed by atoms with Gasteiger partial charge in [-0.1, -0.05) is 26.7 Å². The first-order chi connectivity index (χ1) is 7.60. The van der Waals surface area contributed by atoms with Crippen LogP contribution in [-0.4, -0.2) is 18.9 Å². The van der Waals surface area contributed by atoms with Gasteiger partial charge in [0.15, 0.2) is 0 Å². The van der Waals surface area contributed by atoms with E-state index in [0.717, 1.165) is 31.8 Å². The van der Waals surface area contributed by atoms with Gasteiger partial charge in [-0.3, -0.25) is 4.79 Å². The predicted octanol–water partition coefficient (Wildman–Crippen LogP) is 2.77. The highest BCUT2D eigenvalue weighted by molar-refractivity contribution is 5.84. The van der Waals surface area contributed by atoms with Crippen molar-refractivity contribution in [2.45, 2.75) is 52.4 Å². The highest BCUT2D eigenvalue weighted by Crippen LogP contribution is 2.38. The lowest BCUT2D eigenvalue weighted by molar-refractivity contribution is -0.130. The molecule has 0 radical (unpaired) electrons. The second-order valence-corrected chi connectivity index (χ2v) is 6.17. The van der Waals surface area contributed by atoms with E-state index >= 15 is 0 Å². The van der Waals surface area contributed by atoms with Gasteiger partial charge in [0, 0.05) is 11.8 Å². The first-order valence-electron chi connectivity index (χ1n) is 6.84. The Balaban J connectivity index is 1.84. The van der Waals surface area contributed by atoms with E-state index in [2.05, 4.69) is 19.2 Å². The monoisotopic (exact) mass is 223 g/mol. The molecule has 0 bridgehead atoms. The lowest BCUT2D eigenvalue weighted by Gasteiger charge is -2.36. The minimum atomic E-state index is -0.109. The van der Waals surface area contributed by atoms with Gasteiger partial charge in [0.25, 0.3) is 0 Å². The molecular formula is C14H25NO. The van der Waals surface area contributed by atoms with Crippen molar-refractivity contribution >= 4 is 5.78 Å². The molecule has 0 spiro atoms. The normalized spacial score (nSPS) is 26.8. The van der Waals surface area contributed by atoms with Crippen LogP contribution in [0.5, 0.6) is 0 Å². The van der Waals surface area contributed by atoms with E-state index in [9.17, 15) is 4.79 Å². The minimum absolute atomic E-state index is 0.109. The van der Waals surface area contributed by atoms with Gasteiger partial charge in [0.1, 0.15) is 5.78 Å². The van der Waals surface area contributed by atoms with Crippen molar-refractivity contribution in [3.8, 4) is 0 Å². The third-order valence-corrected chi connectivity index (χ3v) is 4.51. The predicted molar refractivity (Wildman–Crippen MR) is 66.3 cm³/mol. The zero-order valence-electron chi connectivity index (χ0n) is 10.7. The van der Waals surface area contributed by atoms with E-state index < -0.39 is 0 Å². The van der Waals surface area contributed by atoms with Crippen LogP contribution in [0.15, 0.2) is 0 Å². The van der Waals surface area contributed by atoms with Crippen molar-refractivity contribution in [3.05, 3.63) is 0 Å². The molecule has 1 aliphatic carbocycles. The minimum Gasteiger partial charge on any atom is -0.316 e. The molecule has 1 heterocycles. The fourth-order valence-corrected chi connectivity index (χ4v) is 2.76. The molecule has 16 heavy (non-hydrogen) atoms. The SMILES string of the molecule is CC(C)(C(=O)CCC1CC1)C1CCCNC1. The molecule has 0 aromatic carbocycles. The molecule has 2 fully saturated rings. The molecule has 1 saturated carbocycles. The van der Waals surface area contributed by atoms with Crippen molar-refractivity contribution in [1.82, 2.24) is 5.32 Å². The maximum Gasteiger partial charge on any atom is 0.138 e. The molecule has 0 amide bonds. The fourth-order valence-electron chi connectivity index (χ4n) is 2.76. The standard InChI is InChI=1S/C14H25NO/c1-14(2,12-4-3-9-15-10-12)13(16)8-7-11-5-6-11/h11-12,15H,3-10H2,1-2H3. The highest BCUT2D eigenvalue weighted by Gasteiger charge is 2.37. The summed E-state index contributed by atoms with van der Waals surface area (Å²) in [5, 5.41) is 3.42. The Kier molecular flexibility index (Phi) is 3.68. The topological polar surface area (TPSA) is 29.1 Å². The molecule has 0 aromatic heterocycles. The number of rotatable bonds is 5. The lowest BCUT2D eigenvalue weighted by Crippen LogP contribution is -2.42. The number of hydrogen-bond acceptors (Lipinski definition) is 2. The largest absolute Gasteiger partial charge is 0.316 e. The fraction of sp³-hybridized carbons (Fsp3) is 0.929. The van der Waals surface area contributed by atoms with Crippen molar-refractivity contribution < 1.29 is 4.79 Å². The van der Waals surface area contributed by atoms with Gasteiger partial charge in [0.2, 0.25) is 0 Å². The highest BCUT2D eigenvalue weighted by atomic mass is 16.1. The zero-order chi connectivity index (χ0) is 11.6. The van der Waals surface area contributed by atoms with Crippen LogP contribution >= 0.6 is 0 Å². The molecular weight excluding hydrogens is 198 g/mol. The third kappa shape index (κ3) is 2.85. The summed E-state index contributed by atoms with van der Waals surface area (Å²) < 4.78 is 0. The second kappa shape index (κ2) is 4.87. The Labute approximate surface area is 99.2 Å². The molecule has 1 saturated heterocycles. The zero-order valence-corrected chi connectivity index (χ0v) is 10.7. The smallest absolute Gasteiger partial charge is 0.138 e. The van der Waals surface area contributed by atoms with Crippen LogP contribution in [0.25, 0.3) is 0 Å². The summed E-state index contributed by atoms with van der Waals surface area (Å²) in [7, 11) is 0. The summed E-state index contributed by atoms with van der Waals surface area (Å²) in [4.78, 5) is 12.3. The summed E-state index contributed by atoms with van der Waals surface area (Å²) in [5.74, 6) is 1.92. The van der Waals surface area contributed by atoms with Gasteiger partial charge in [-0.05, 0) is 44.2 Å². The van der Waals surface area contributed by atoms with Crippen LogP contribution in [-0.2, 0) is 4.79 Å². The van der Waals surface area contributed by atoms with Gasteiger partial charge in [0.05, 0.1) is 0 Å². The number of carbonyl (C=O) groups excluding carboxylic acids is 1. The average Bonchev–Trinajstić information content (AvgIpc) is 3.11. The van der Waals surface area contributed by atoms with Gasteiger partial charge < -0.3 is 5.32 Å². The molecule has 1 unspecified atom stereocenters. The molecule has 2 heteroatoms. The van der Waals surface area contributed by atoms with E-state index in [4.69, 9.17) is 0 Å². The van der Waals surface area contributed by atoms with Crippen molar-refractivity contribution in [3.63, 3.8) is 0 Å². The Hall–Kier alpha value is -0.370. The van der Waals surface area contributed by atoms with Crippen LogP contribution < -0.4 is 5.32 Å². The molecule has 2 nitrogen and oxygen atoms in total. The first kappa shape index (κ1) is 12.1. The lowest BCUT2D eigenvalue weighted by atomic mass is 9.71. The number of piperidine rings is 1. The number of carbonyl (C=O) groups is 1.